The van der Waals surface area contributed by atoms with Gasteiger partial charge in [0.1, 0.15) is 23.0 Å². The minimum Gasteiger partial charge on any atom is -0.356 e. The predicted molar refractivity (Wildman–Crippen MR) is 92.2 cm³/mol. The van der Waals surface area contributed by atoms with E-state index in [9.17, 15) is 13.6 Å². The van der Waals surface area contributed by atoms with E-state index in [2.05, 4.69) is 25.2 Å². The molecule has 27 heavy (non-hydrogen) atoms. The van der Waals surface area contributed by atoms with Crippen molar-refractivity contribution in [3.8, 4) is 11.5 Å². The third-order valence-electron chi connectivity index (χ3n) is 6.16. The average Bonchev–Trinajstić information content (AvgIpc) is 3.03. The highest BCUT2D eigenvalue weighted by atomic mass is 19.3. The van der Waals surface area contributed by atoms with Gasteiger partial charge in [-0.3, -0.25) is 0 Å². The highest BCUT2D eigenvalue weighted by Crippen LogP contribution is 2.55. The van der Waals surface area contributed by atoms with E-state index in [0.29, 0.717) is 41.2 Å². The summed E-state index contributed by atoms with van der Waals surface area (Å²) in [6, 6.07) is 0. The molecule has 0 aromatic carbocycles. The van der Waals surface area contributed by atoms with Gasteiger partial charge in [-0.25, -0.2) is 14.6 Å². The first kappa shape index (κ1) is 16.7. The van der Waals surface area contributed by atoms with Crippen LogP contribution in [0.25, 0.3) is 11.5 Å². The summed E-state index contributed by atoms with van der Waals surface area (Å²) in [6.45, 7) is 3.15. The van der Waals surface area contributed by atoms with E-state index in [0.717, 1.165) is 13.1 Å². The van der Waals surface area contributed by atoms with Crippen molar-refractivity contribution in [1.82, 2.24) is 25.0 Å². The Morgan fingerprint density at radius 3 is 2.67 bits per heavy atom. The Labute approximate surface area is 154 Å². The van der Waals surface area contributed by atoms with Crippen LogP contribution in [0.1, 0.15) is 31.0 Å². The van der Waals surface area contributed by atoms with E-state index in [4.69, 9.17) is 0 Å². The van der Waals surface area contributed by atoms with E-state index < -0.39 is 5.92 Å². The Kier molecular flexibility index (Phi) is 3.42. The minimum absolute atomic E-state index is 0.162. The third-order valence-corrected chi connectivity index (χ3v) is 6.16. The molecule has 1 saturated carbocycles. The number of hydrogen-bond donors (Lipinski definition) is 0. The summed E-state index contributed by atoms with van der Waals surface area (Å²) in [4.78, 5) is 22.3. The van der Waals surface area contributed by atoms with Gasteiger partial charge in [0.15, 0.2) is 5.82 Å². The molecule has 0 radical (unpaired) electrons. The Morgan fingerprint density at radius 2 is 2.04 bits per heavy atom. The number of aromatic nitrogens is 5. The van der Waals surface area contributed by atoms with Crippen molar-refractivity contribution >= 4 is 11.6 Å². The number of rotatable bonds is 4. The standard InChI is InChI=1S/C18H20F2N6O/c1-9(27)5-11-12-7-26(8-13(11)12)17-10-3-4-18(19,20)15(10)22-16(23-17)14-6-21-24-25(14)2/h6,11-13H,3-5,7-8H2,1-2H3/t11?,12-,13+. The molecule has 5 rings (SSSR count). The van der Waals surface area contributed by atoms with Crippen molar-refractivity contribution in [3.05, 3.63) is 17.5 Å². The van der Waals surface area contributed by atoms with Gasteiger partial charge in [-0.15, -0.1) is 5.10 Å². The topological polar surface area (TPSA) is 76.8 Å². The lowest BCUT2D eigenvalue weighted by Gasteiger charge is -2.24. The van der Waals surface area contributed by atoms with Gasteiger partial charge in [0, 0.05) is 38.5 Å². The molecule has 142 valence electrons. The van der Waals surface area contributed by atoms with Crippen molar-refractivity contribution in [2.75, 3.05) is 18.0 Å². The summed E-state index contributed by atoms with van der Waals surface area (Å²) < 4.78 is 30.4. The number of ketones is 1. The lowest BCUT2D eigenvalue weighted by atomic mass is 10.1. The van der Waals surface area contributed by atoms with Crippen LogP contribution in [-0.4, -0.2) is 43.8 Å². The van der Waals surface area contributed by atoms with Crippen LogP contribution in [0.5, 0.6) is 0 Å². The monoisotopic (exact) mass is 374 g/mol. The summed E-state index contributed by atoms with van der Waals surface area (Å²) in [5.41, 5.74) is 0.911. The predicted octanol–water partition coefficient (Wildman–Crippen LogP) is 1.97. The zero-order valence-corrected chi connectivity index (χ0v) is 15.2. The number of anilines is 1. The molecule has 2 fully saturated rings. The number of nitrogens with zero attached hydrogens (tertiary/aromatic N) is 6. The van der Waals surface area contributed by atoms with E-state index in [-0.39, 0.29) is 30.1 Å². The Morgan fingerprint density at radius 1 is 1.30 bits per heavy atom. The highest BCUT2D eigenvalue weighted by molar-refractivity contribution is 5.76. The van der Waals surface area contributed by atoms with Gasteiger partial charge in [-0.2, -0.15) is 8.78 Å². The number of fused-ring (bicyclic) bond motifs is 2. The molecule has 2 aromatic rings. The van der Waals surface area contributed by atoms with Gasteiger partial charge in [0.25, 0.3) is 5.92 Å². The van der Waals surface area contributed by atoms with Gasteiger partial charge >= 0.3 is 0 Å². The maximum absolute atomic E-state index is 14.4. The number of piperidine rings is 1. The second-order valence-electron chi connectivity index (χ2n) is 7.95. The van der Waals surface area contributed by atoms with Crippen molar-refractivity contribution in [2.45, 2.75) is 32.1 Å². The van der Waals surface area contributed by atoms with Crippen LogP contribution in [0.4, 0.5) is 14.6 Å². The van der Waals surface area contributed by atoms with Gasteiger partial charge < -0.3 is 9.69 Å². The fourth-order valence-electron chi connectivity index (χ4n) is 4.73. The second kappa shape index (κ2) is 5.53. The number of hydrogen-bond acceptors (Lipinski definition) is 6. The lowest BCUT2D eigenvalue weighted by Crippen LogP contribution is -2.27. The van der Waals surface area contributed by atoms with Crippen LogP contribution in [0.2, 0.25) is 0 Å². The first-order valence-corrected chi connectivity index (χ1v) is 9.24. The van der Waals surface area contributed by atoms with Crippen LogP contribution in [-0.2, 0) is 24.2 Å². The van der Waals surface area contributed by atoms with Crippen molar-refractivity contribution in [2.24, 2.45) is 24.8 Å². The van der Waals surface area contributed by atoms with Crippen molar-refractivity contribution < 1.29 is 13.6 Å². The molecule has 3 heterocycles. The Balaban J connectivity index is 1.51. The lowest BCUT2D eigenvalue weighted by molar-refractivity contribution is -0.117. The highest BCUT2D eigenvalue weighted by Gasteiger charge is 2.56. The minimum atomic E-state index is -2.94. The molecule has 7 nitrogen and oxygen atoms in total. The second-order valence-corrected chi connectivity index (χ2v) is 7.95. The molecule has 1 saturated heterocycles. The molecule has 2 aromatic heterocycles. The molecule has 0 spiro atoms. The fourth-order valence-corrected chi connectivity index (χ4v) is 4.73. The van der Waals surface area contributed by atoms with Gasteiger partial charge in [0.2, 0.25) is 0 Å². The zero-order valence-electron chi connectivity index (χ0n) is 15.2. The molecule has 9 heteroatoms. The summed E-state index contributed by atoms with van der Waals surface area (Å²) in [6.07, 6.45) is 2.16. The van der Waals surface area contributed by atoms with E-state index in [1.807, 2.05) is 0 Å². The van der Waals surface area contributed by atoms with E-state index in [1.165, 1.54) is 10.9 Å². The molecule has 0 bridgehead atoms. The van der Waals surface area contributed by atoms with Gasteiger partial charge in [-0.05, 0) is 31.1 Å². The van der Waals surface area contributed by atoms with Crippen LogP contribution in [0.3, 0.4) is 0 Å². The summed E-state index contributed by atoms with van der Waals surface area (Å²) in [5.74, 6) is -0.509. The largest absolute Gasteiger partial charge is 0.356 e. The Bertz CT molecular complexity index is 930. The zero-order chi connectivity index (χ0) is 18.9. The first-order chi connectivity index (χ1) is 12.8. The fraction of sp³-hybridized carbons (Fsp3) is 0.611. The maximum atomic E-state index is 14.4. The number of carbonyl (C=O) groups excluding carboxylic acids is 1. The number of alkyl halides is 2. The summed E-state index contributed by atoms with van der Waals surface area (Å²) in [5, 5.41) is 7.67. The van der Waals surface area contributed by atoms with Crippen molar-refractivity contribution in [3.63, 3.8) is 0 Å². The molecular formula is C18H20F2N6O. The SMILES string of the molecule is CC(=O)CC1[C@H]2CN(c3nc(-c4cnnn4C)nc4c3CCC4(F)F)C[C@@H]12. The van der Waals surface area contributed by atoms with Crippen molar-refractivity contribution in [1.29, 1.82) is 0 Å². The summed E-state index contributed by atoms with van der Waals surface area (Å²) in [7, 11) is 1.69. The number of carbonyl (C=O) groups is 1. The van der Waals surface area contributed by atoms with Crippen LogP contribution < -0.4 is 4.90 Å². The molecule has 2 aliphatic carbocycles. The maximum Gasteiger partial charge on any atom is 0.290 e. The van der Waals surface area contributed by atoms with Crippen LogP contribution in [0, 0.1) is 17.8 Å². The molecule has 1 unspecified atom stereocenters. The van der Waals surface area contributed by atoms with Crippen LogP contribution in [0.15, 0.2) is 6.20 Å². The number of aryl methyl sites for hydroxylation is 1. The average molecular weight is 374 g/mol. The molecule has 3 atom stereocenters. The van der Waals surface area contributed by atoms with Crippen LogP contribution >= 0.6 is 0 Å². The molecule has 0 N–H and O–H groups in total. The van der Waals surface area contributed by atoms with E-state index in [1.54, 1.807) is 14.0 Å². The number of Topliss-reactive ketones (excluding diaryl/α,β-unsaturated/α-hetero) is 1. The smallest absolute Gasteiger partial charge is 0.290 e. The molecule has 3 aliphatic rings. The normalized spacial score (nSPS) is 27.6. The van der Waals surface area contributed by atoms with Gasteiger partial charge in [-0.1, -0.05) is 5.21 Å². The molecular weight excluding hydrogens is 354 g/mol. The molecule has 0 amide bonds. The first-order valence-electron chi connectivity index (χ1n) is 9.24. The summed E-state index contributed by atoms with van der Waals surface area (Å²) >= 11 is 0. The number of halogens is 2. The van der Waals surface area contributed by atoms with E-state index >= 15 is 0 Å². The quantitative estimate of drug-likeness (QED) is 0.814. The third kappa shape index (κ3) is 2.55. The Hall–Kier alpha value is -2.45. The van der Waals surface area contributed by atoms with Gasteiger partial charge in [0.05, 0.1) is 6.20 Å². The molecule has 1 aliphatic heterocycles.